The van der Waals surface area contributed by atoms with E-state index < -0.39 is 16.4 Å². The highest BCUT2D eigenvalue weighted by Gasteiger charge is 2.36. The molecule has 9 heavy (non-hydrogen) atoms. The second kappa shape index (κ2) is 1.56. The molecule has 1 saturated heterocycles. The topological polar surface area (TPSA) is 106 Å². The smallest absolute Gasteiger partial charge is 0.366 e. The van der Waals surface area contributed by atoms with E-state index in [-0.39, 0.29) is 5.23 Å². The zero-order valence-electron chi connectivity index (χ0n) is 4.07. The maximum absolute atomic E-state index is 9.96. The summed E-state index contributed by atoms with van der Waals surface area (Å²) in [6.07, 6.45) is 0. The fourth-order valence-corrected chi connectivity index (χ4v) is 0.755. The number of hydrogen-bond donors (Lipinski definition) is 2. The number of hydrogen-bond acceptors (Lipinski definition) is 5. The Hall–Kier alpha value is -0.860. The Bertz CT molecular complexity index is 218. The van der Waals surface area contributed by atoms with Gasteiger partial charge in [0, 0.05) is 0 Å². The van der Waals surface area contributed by atoms with E-state index in [1.54, 1.807) is 0 Å². The van der Waals surface area contributed by atoms with Crippen LogP contribution in [0.15, 0.2) is 0 Å². The Balaban J connectivity index is 2.55. The van der Waals surface area contributed by atoms with Crippen LogP contribution < -0.4 is 5.73 Å². The number of rotatable bonds is 0. The van der Waals surface area contributed by atoms with Gasteiger partial charge in [0.1, 0.15) is 0 Å². The van der Waals surface area contributed by atoms with Gasteiger partial charge in [-0.1, -0.05) is 13.8 Å². The minimum Gasteiger partial charge on any atom is -0.366 e. The first-order valence-electron chi connectivity index (χ1n) is 1.79. The van der Waals surface area contributed by atoms with Gasteiger partial charge < -0.3 is 5.73 Å². The molecule has 3 N–H and O–H groups in total. The van der Waals surface area contributed by atoms with Gasteiger partial charge in [-0.25, -0.2) is 0 Å². The molecular formula is CH3N3O4S. The molecular weight excluding hydrogens is 150 g/mol. The molecule has 0 aromatic rings. The molecule has 1 fully saturated rings. The van der Waals surface area contributed by atoms with Crippen LogP contribution in [0.1, 0.15) is 0 Å². The van der Waals surface area contributed by atoms with Crippen molar-refractivity contribution in [1.82, 2.24) is 5.23 Å². The average molecular weight is 153 g/mol. The summed E-state index contributed by atoms with van der Waals surface area (Å²) in [5.74, 6) is -0.621. The van der Waals surface area contributed by atoms with Crippen molar-refractivity contribution >= 4 is 16.4 Å². The fraction of sp³-hybridized carbons (Fsp3) is 0. The number of guanidine groups is 1. The van der Waals surface area contributed by atoms with Crippen LogP contribution >= 0.6 is 0 Å². The lowest BCUT2D eigenvalue weighted by atomic mass is 11.1. The lowest BCUT2D eigenvalue weighted by Crippen LogP contribution is -2.48. The quantitative estimate of drug-likeness (QED) is 0.317. The molecule has 1 heterocycles. The summed E-state index contributed by atoms with van der Waals surface area (Å²) in [6, 6.07) is 0. The van der Waals surface area contributed by atoms with Crippen molar-refractivity contribution in [2.75, 3.05) is 0 Å². The minimum absolute atomic E-state index is 0.273. The molecule has 0 spiro atoms. The monoisotopic (exact) mass is 153 g/mol. The summed E-state index contributed by atoms with van der Waals surface area (Å²) in [7, 11) is -3.87. The Morgan fingerprint density at radius 3 is 2.11 bits per heavy atom. The average Bonchev–Trinajstić information content (AvgIpc) is 1.59. The third kappa shape index (κ3) is 1.09. The molecule has 0 atom stereocenters. The Morgan fingerprint density at radius 1 is 1.56 bits per heavy atom. The van der Waals surface area contributed by atoms with E-state index in [1.165, 1.54) is 0 Å². The number of nitrogens with two attached hydrogens (primary N) is 1. The van der Waals surface area contributed by atoms with Crippen LogP contribution in [0.3, 0.4) is 0 Å². The highest BCUT2D eigenvalue weighted by atomic mass is 32.3. The summed E-state index contributed by atoms with van der Waals surface area (Å²) in [4.78, 5) is 0. The third-order valence-corrected chi connectivity index (χ3v) is 1.15. The van der Waals surface area contributed by atoms with Crippen molar-refractivity contribution in [2.45, 2.75) is 0 Å². The summed E-state index contributed by atoms with van der Waals surface area (Å²) < 4.78 is 27.6. The Kier molecular flexibility index (Phi) is 1.08. The SMILES string of the molecule is N=C(N)N1OS(=O)(=O)O1. The van der Waals surface area contributed by atoms with E-state index >= 15 is 0 Å². The van der Waals surface area contributed by atoms with Gasteiger partial charge in [0.2, 0.25) is 5.96 Å². The molecule has 1 rings (SSSR count). The van der Waals surface area contributed by atoms with Gasteiger partial charge in [-0.2, -0.15) is 8.42 Å². The lowest BCUT2D eigenvalue weighted by molar-refractivity contribution is -0.269. The molecule has 7 nitrogen and oxygen atoms in total. The van der Waals surface area contributed by atoms with Gasteiger partial charge in [-0.05, 0) is 0 Å². The van der Waals surface area contributed by atoms with Crippen LogP contribution in [0.5, 0.6) is 0 Å². The van der Waals surface area contributed by atoms with Gasteiger partial charge in [-0.3, -0.25) is 5.41 Å². The predicted molar refractivity (Wildman–Crippen MR) is 24.8 cm³/mol. The second-order valence-corrected chi connectivity index (χ2v) is 2.31. The number of hydroxylamine groups is 2. The summed E-state index contributed by atoms with van der Waals surface area (Å²) >= 11 is 0. The summed E-state index contributed by atoms with van der Waals surface area (Å²) in [5, 5.41) is 6.79. The minimum atomic E-state index is -3.87. The van der Waals surface area contributed by atoms with E-state index in [1.807, 2.05) is 0 Å². The molecule has 0 bridgehead atoms. The van der Waals surface area contributed by atoms with Crippen molar-refractivity contribution in [3.8, 4) is 0 Å². The van der Waals surface area contributed by atoms with E-state index in [0.717, 1.165) is 0 Å². The number of nitrogens with one attached hydrogen (secondary N) is 1. The van der Waals surface area contributed by atoms with E-state index in [0.29, 0.717) is 0 Å². The van der Waals surface area contributed by atoms with E-state index in [9.17, 15) is 8.42 Å². The van der Waals surface area contributed by atoms with Gasteiger partial charge in [0.25, 0.3) is 0 Å². The van der Waals surface area contributed by atoms with Crippen LogP contribution in [-0.2, 0) is 19.0 Å². The molecule has 0 amide bonds. The van der Waals surface area contributed by atoms with Crippen molar-refractivity contribution in [3.05, 3.63) is 0 Å². The highest BCUT2D eigenvalue weighted by molar-refractivity contribution is 7.82. The first kappa shape index (κ1) is 6.26. The van der Waals surface area contributed by atoms with Gasteiger partial charge >= 0.3 is 10.4 Å². The van der Waals surface area contributed by atoms with Crippen molar-refractivity contribution < 1.29 is 17.0 Å². The molecule has 0 aromatic carbocycles. The van der Waals surface area contributed by atoms with Gasteiger partial charge in [0.15, 0.2) is 0 Å². The maximum atomic E-state index is 9.96. The zero-order valence-corrected chi connectivity index (χ0v) is 4.88. The third-order valence-electron chi connectivity index (χ3n) is 0.515. The molecule has 0 aliphatic carbocycles. The van der Waals surface area contributed by atoms with Crippen LogP contribution in [0.4, 0.5) is 0 Å². The van der Waals surface area contributed by atoms with Gasteiger partial charge in [0.05, 0.1) is 0 Å². The summed E-state index contributed by atoms with van der Waals surface area (Å²) in [6.45, 7) is 0. The Labute approximate surface area is 50.7 Å². The largest absolute Gasteiger partial charge is 0.446 e. The first-order chi connectivity index (χ1) is 4.01. The summed E-state index contributed by atoms with van der Waals surface area (Å²) in [5.41, 5.74) is 4.71. The fourth-order valence-electron chi connectivity index (χ4n) is 0.252. The maximum Gasteiger partial charge on any atom is 0.446 e. The van der Waals surface area contributed by atoms with Crippen LogP contribution in [-0.4, -0.2) is 19.6 Å². The molecule has 52 valence electrons. The standard InChI is InChI=1S/CH3N3O4S/c2-1(3)4-7-9(5,6)8-4/h(H3,2,3). The van der Waals surface area contributed by atoms with E-state index in [2.05, 4.69) is 8.57 Å². The highest BCUT2D eigenvalue weighted by Crippen LogP contribution is 2.14. The normalized spacial score (nSPS) is 22.9. The molecule has 8 heteroatoms. The van der Waals surface area contributed by atoms with Crippen LogP contribution in [0.25, 0.3) is 0 Å². The van der Waals surface area contributed by atoms with Crippen LogP contribution in [0, 0.1) is 5.41 Å². The van der Waals surface area contributed by atoms with Crippen molar-refractivity contribution in [3.63, 3.8) is 0 Å². The van der Waals surface area contributed by atoms with Crippen LogP contribution in [0.2, 0.25) is 0 Å². The lowest BCUT2D eigenvalue weighted by Gasteiger charge is -2.24. The number of nitrogens with zero attached hydrogens (tertiary/aromatic N) is 1. The van der Waals surface area contributed by atoms with E-state index in [4.69, 9.17) is 11.1 Å². The molecule has 1 aliphatic heterocycles. The second-order valence-electron chi connectivity index (χ2n) is 1.20. The van der Waals surface area contributed by atoms with Crippen molar-refractivity contribution in [1.29, 1.82) is 5.41 Å². The molecule has 0 radical (unpaired) electrons. The molecule has 0 saturated carbocycles. The molecule has 1 aliphatic rings. The van der Waals surface area contributed by atoms with Crippen molar-refractivity contribution in [2.24, 2.45) is 5.73 Å². The first-order valence-corrected chi connectivity index (χ1v) is 3.13. The zero-order chi connectivity index (χ0) is 7.07. The van der Waals surface area contributed by atoms with Gasteiger partial charge in [-0.15, -0.1) is 0 Å². The molecule has 0 aromatic heterocycles. The molecule has 0 unspecified atom stereocenters. The predicted octanol–water partition coefficient (Wildman–Crippen LogP) is -1.70. The Morgan fingerprint density at radius 2 is 2.00 bits per heavy atom.